The lowest BCUT2D eigenvalue weighted by molar-refractivity contribution is -0.139. The van der Waals surface area contributed by atoms with Crippen molar-refractivity contribution in [2.24, 2.45) is 5.92 Å². The second-order valence-electron chi connectivity index (χ2n) is 6.93. The standard InChI is InChI=1S/C19H21ClN4O2S/c20-15-9-14(5-6-16(15)23-8-7-21-11-23)22-18(25)17-10-27-12-24(17)19(26)13-3-1-2-4-13/h5-9,11,13,17H,1-4,10,12H2,(H,22,25). The van der Waals surface area contributed by atoms with E-state index in [1.165, 1.54) is 0 Å². The highest BCUT2D eigenvalue weighted by Crippen LogP contribution is 2.31. The number of carbonyl (C=O) groups is 2. The van der Waals surface area contributed by atoms with Gasteiger partial charge in [-0.3, -0.25) is 9.59 Å². The second-order valence-corrected chi connectivity index (χ2v) is 8.34. The second kappa shape index (κ2) is 7.94. The van der Waals surface area contributed by atoms with Crippen molar-refractivity contribution in [3.8, 4) is 5.69 Å². The molecule has 1 aromatic carbocycles. The smallest absolute Gasteiger partial charge is 0.248 e. The Bertz CT molecular complexity index is 836. The zero-order valence-electron chi connectivity index (χ0n) is 14.8. The number of imidazole rings is 1. The lowest BCUT2D eigenvalue weighted by Gasteiger charge is -2.25. The number of hydrogen-bond acceptors (Lipinski definition) is 4. The van der Waals surface area contributed by atoms with Crippen LogP contribution in [-0.4, -0.2) is 43.9 Å². The van der Waals surface area contributed by atoms with Crippen molar-refractivity contribution in [2.75, 3.05) is 16.9 Å². The molecule has 1 saturated heterocycles. The molecule has 1 aliphatic carbocycles. The van der Waals surface area contributed by atoms with E-state index in [1.807, 2.05) is 22.9 Å². The van der Waals surface area contributed by atoms with E-state index >= 15 is 0 Å². The number of aromatic nitrogens is 2. The Hall–Kier alpha value is -1.99. The summed E-state index contributed by atoms with van der Waals surface area (Å²) in [5.74, 6) is 1.28. The number of amides is 2. The zero-order chi connectivity index (χ0) is 18.8. The molecule has 1 saturated carbocycles. The molecule has 1 unspecified atom stereocenters. The van der Waals surface area contributed by atoms with E-state index in [-0.39, 0.29) is 17.7 Å². The van der Waals surface area contributed by atoms with Crippen LogP contribution in [0.5, 0.6) is 0 Å². The molecule has 0 spiro atoms. The van der Waals surface area contributed by atoms with Gasteiger partial charge < -0.3 is 14.8 Å². The summed E-state index contributed by atoms with van der Waals surface area (Å²) in [6, 6.07) is 4.95. The van der Waals surface area contributed by atoms with Gasteiger partial charge >= 0.3 is 0 Å². The number of nitrogens with zero attached hydrogens (tertiary/aromatic N) is 3. The number of anilines is 1. The third-order valence-electron chi connectivity index (χ3n) is 5.17. The molecule has 4 rings (SSSR count). The van der Waals surface area contributed by atoms with Crippen LogP contribution in [0.1, 0.15) is 25.7 Å². The summed E-state index contributed by atoms with van der Waals surface area (Å²) in [5.41, 5.74) is 1.42. The van der Waals surface area contributed by atoms with Gasteiger partial charge in [-0.25, -0.2) is 4.98 Å². The Labute approximate surface area is 167 Å². The normalized spacial score (nSPS) is 20.2. The summed E-state index contributed by atoms with van der Waals surface area (Å²) < 4.78 is 1.81. The van der Waals surface area contributed by atoms with Crippen LogP contribution in [0.25, 0.3) is 5.69 Å². The Balaban J connectivity index is 1.45. The summed E-state index contributed by atoms with van der Waals surface area (Å²) in [5, 5.41) is 3.44. The van der Waals surface area contributed by atoms with E-state index in [0.29, 0.717) is 22.3 Å². The van der Waals surface area contributed by atoms with Gasteiger partial charge in [0, 0.05) is 29.8 Å². The molecule has 2 amide bonds. The molecular formula is C19H21ClN4O2S. The number of thioether (sulfide) groups is 1. The minimum Gasteiger partial charge on any atom is -0.324 e. The van der Waals surface area contributed by atoms with Crippen LogP contribution in [0.15, 0.2) is 36.9 Å². The third-order valence-corrected chi connectivity index (χ3v) is 6.49. The number of benzene rings is 1. The fourth-order valence-corrected chi connectivity index (χ4v) is 5.15. The van der Waals surface area contributed by atoms with E-state index in [1.54, 1.807) is 35.3 Å². The van der Waals surface area contributed by atoms with Gasteiger partial charge in [0.05, 0.1) is 22.9 Å². The van der Waals surface area contributed by atoms with Crippen LogP contribution < -0.4 is 5.32 Å². The van der Waals surface area contributed by atoms with Gasteiger partial charge in [0.2, 0.25) is 11.8 Å². The van der Waals surface area contributed by atoms with Gasteiger partial charge in [-0.1, -0.05) is 24.4 Å². The molecule has 142 valence electrons. The van der Waals surface area contributed by atoms with Crippen molar-refractivity contribution in [2.45, 2.75) is 31.7 Å². The first-order chi connectivity index (χ1) is 13.1. The minimum atomic E-state index is -0.421. The summed E-state index contributed by atoms with van der Waals surface area (Å²) in [7, 11) is 0. The highest BCUT2D eigenvalue weighted by molar-refractivity contribution is 7.99. The lowest BCUT2D eigenvalue weighted by Crippen LogP contribution is -2.46. The number of carbonyl (C=O) groups excluding carboxylic acids is 2. The monoisotopic (exact) mass is 404 g/mol. The quantitative estimate of drug-likeness (QED) is 0.846. The van der Waals surface area contributed by atoms with E-state index in [4.69, 9.17) is 11.6 Å². The molecule has 0 radical (unpaired) electrons. The maximum Gasteiger partial charge on any atom is 0.248 e. The Morgan fingerprint density at radius 3 is 2.78 bits per heavy atom. The SMILES string of the molecule is O=C(Nc1ccc(-n2ccnc2)c(Cl)c1)C1CSCN1C(=O)C1CCCC1. The Kier molecular flexibility index (Phi) is 5.41. The number of hydrogen-bond donors (Lipinski definition) is 1. The van der Waals surface area contributed by atoms with E-state index < -0.39 is 6.04 Å². The van der Waals surface area contributed by atoms with Crippen molar-refractivity contribution in [3.63, 3.8) is 0 Å². The molecule has 1 aromatic heterocycles. The van der Waals surface area contributed by atoms with Crippen molar-refractivity contribution in [1.29, 1.82) is 0 Å². The molecule has 8 heteroatoms. The molecule has 1 aliphatic heterocycles. The zero-order valence-corrected chi connectivity index (χ0v) is 16.4. The van der Waals surface area contributed by atoms with Crippen LogP contribution in [0.4, 0.5) is 5.69 Å². The van der Waals surface area contributed by atoms with E-state index in [2.05, 4.69) is 10.3 Å². The Morgan fingerprint density at radius 1 is 1.26 bits per heavy atom. The topological polar surface area (TPSA) is 67.2 Å². The van der Waals surface area contributed by atoms with Crippen molar-refractivity contribution in [1.82, 2.24) is 14.5 Å². The molecule has 6 nitrogen and oxygen atoms in total. The molecule has 2 fully saturated rings. The van der Waals surface area contributed by atoms with Crippen LogP contribution in [0.2, 0.25) is 5.02 Å². The molecule has 1 atom stereocenters. The largest absolute Gasteiger partial charge is 0.324 e. The number of nitrogens with one attached hydrogen (secondary N) is 1. The molecule has 27 heavy (non-hydrogen) atoms. The van der Waals surface area contributed by atoms with Gasteiger partial charge in [0.15, 0.2) is 0 Å². The first kappa shape index (κ1) is 18.4. The maximum absolute atomic E-state index is 12.8. The summed E-state index contributed by atoms with van der Waals surface area (Å²) in [6.45, 7) is 0. The lowest BCUT2D eigenvalue weighted by atomic mass is 10.1. The molecular weight excluding hydrogens is 384 g/mol. The average molecular weight is 405 g/mol. The van der Waals surface area contributed by atoms with Crippen molar-refractivity contribution >= 4 is 40.9 Å². The average Bonchev–Trinajstić information content (AvgIpc) is 3.43. The number of halogens is 1. The van der Waals surface area contributed by atoms with Gasteiger partial charge in [0.25, 0.3) is 0 Å². The van der Waals surface area contributed by atoms with Gasteiger partial charge in [-0.05, 0) is 31.0 Å². The first-order valence-corrected chi connectivity index (χ1v) is 10.6. The molecule has 1 N–H and O–H groups in total. The van der Waals surface area contributed by atoms with E-state index in [0.717, 1.165) is 31.4 Å². The third kappa shape index (κ3) is 3.84. The van der Waals surface area contributed by atoms with Crippen molar-refractivity contribution < 1.29 is 9.59 Å². The summed E-state index contributed by atoms with van der Waals surface area (Å²) >= 11 is 7.99. The maximum atomic E-state index is 12.8. The molecule has 2 aromatic rings. The van der Waals surface area contributed by atoms with Gasteiger partial charge in [-0.2, -0.15) is 0 Å². The molecule has 2 heterocycles. The number of rotatable bonds is 4. The molecule has 0 bridgehead atoms. The van der Waals surface area contributed by atoms with Crippen LogP contribution in [0, 0.1) is 5.92 Å². The predicted octanol–water partition coefficient (Wildman–Crippen LogP) is 3.56. The van der Waals surface area contributed by atoms with Crippen molar-refractivity contribution in [3.05, 3.63) is 41.9 Å². The first-order valence-electron chi connectivity index (χ1n) is 9.10. The fourth-order valence-electron chi connectivity index (χ4n) is 3.71. The van der Waals surface area contributed by atoms with E-state index in [9.17, 15) is 9.59 Å². The van der Waals surface area contributed by atoms with Crippen LogP contribution >= 0.6 is 23.4 Å². The minimum absolute atomic E-state index is 0.0860. The van der Waals surface area contributed by atoms with Gasteiger partial charge in [-0.15, -0.1) is 11.8 Å². The van der Waals surface area contributed by atoms with Crippen LogP contribution in [0.3, 0.4) is 0 Å². The van der Waals surface area contributed by atoms with Crippen LogP contribution in [-0.2, 0) is 9.59 Å². The summed E-state index contributed by atoms with van der Waals surface area (Å²) in [4.78, 5) is 31.3. The highest BCUT2D eigenvalue weighted by Gasteiger charge is 2.38. The Morgan fingerprint density at radius 2 is 2.07 bits per heavy atom. The summed E-state index contributed by atoms with van der Waals surface area (Å²) in [6.07, 6.45) is 9.26. The highest BCUT2D eigenvalue weighted by atomic mass is 35.5. The molecule has 2 aliphatic rings. The van der Waals surface area contributed by atoms with Gasteiger partial charge in [0.1, 0.15) is 6.04 Å². The predicted molar refractivity (Wildman–Crippen MR) is 107 cm³/mol. The fraction of sp³-hybridized carbons (Fsp3) is 0.421.